The van der Waals surface area contributed by atoms with Gasteiger partial charge in [0.05, 0.1) is 12.8 Å². The molecule has 1 heterocycles. The van der Waals surface area contributed by atoms with E-state index in [4.69, 9.17) is 4.74 Å². The first kappa shape index (κ1) is 14.0. The minimum atomic E-state index is 0.810. The van der Waals surface area contributed by atoms with E-state index in [1.54, 1.807) is 7.11 Å². The molecule has 0 saturated heterocycles. The van der Waals surface area contributed by atoms with Crippen LogP contribution in [0.5, 0.6) is 5.75 Å². The number of aryl methyl sites for hydroxylation is 2. The van der Waals surface area contributed by atoms with E-state index >= 15 is 0 Å². The lowest BCUT2D eigenvalue weighted by atomic mass is 10.1. The van der Waals surface area contributed by atoms with Crippen LogP contribution in [0.4, 0.5) is 0 Å². The third-order valence-electron chi connectivity index (χ3n) is 2.85. The highest BCUT2D eigenvalue weighted by atomic mass is 79.9. The van der Waals surface area contributed by atoms with Gasteiger partial charge >= 0.3 is 0 Å². The van der Waals surface area contributed by atoms with E-state index in [0.29, 0.717) is 0 Å². The maximum absolute atomic E-state index is 5.42. The van der Waals surface area contributed by atoms with Gasteiger partial charge in [-0.15, -0.1) is 0 Å². The zero-order chi connectivity index (χ0) is 13.8. The van der Waals surface area contributed by atoms with Crippen molar-refractivity contribution in [1.82, 2.24) is 9.97 Å². The van der Waals surface area contributed by atoms with E-state index in [-0.39, 0.29) is 0 Å². The standard InChI is InChI=1S/C15H17BrN2O/c1-4-5-15-17-12(9-14(16)18-15)11-8-10(2)6-7-13(11)19-3/h6-9H,4-5H2,1-3H3. The molecule has 1 aromatic carbocycles. The fraction of sp³-hybridized carbons (Fsp3) is 0.333. The van der Waals surface area contributed by atoms with Crippen LogP contribution in [0.15, 0.2) is 28.9 Å². The van der Waals surface area contributed by atoms with Crippen LogP contribution in [-0.2, 0) is 6.42 Å². The van der Waals surface area contributed by atoms with Crippen LogP contribution >= 0.6 is 15.9 Å². The number of hydrogen-bond acceptors (Lipinski definition) is 3. The van der Waals surface area contributed by atoms with Gasteiger partial charge in [-0.05, 0) is 47.5 Å². The number of nitrogens with zero attached hydrogens (tertiary/aromatic N) is 2. The maximum atomic E-state index is 5.42. The third-order valence-corrected chi connectivity index (χ3v) is 3.25. The summed E-state index contributed by atoms with van der Waals surface area (Å²) in [5.41, 5.74) is 3.08. The molecule has 2 rings (SSSR count). The Morgan fingerprint density at radius 2 is 2.00 bits per heavy atom. The number of hydrogen-bond donors (Lipinski definition) is 0. The van der Waals surface area contributed by atoms with Crippen molar-refractivity contribution in [1.29, 1.82) is 0 Å². The van der Waals surface area contributed by atoms with Gasteiger partial charge in [0.2, 0.25) is 0 Å². The average molecular weight is 321 g/mol. The summed E-state index contributed by atoms with van der Waals surface area (Å²) in [4.78, 5) is 9.01. The van der Waals surface area contributed by atoms with E-state index in [9.17, 15) is 0 Å². The molecule has 0 fully saturated rings. The molecule has 0 unspecified atom stereocenters. The lowest BCUT2D eigenvalue weighted by Crippen LogP contribution is -1.98. The Kier molecular flexibility index (Phi) is 4.53. The van der Waals surface area contributed by atoms with Crippen LogP contribution in [0, 0.1) is 6.92 Å². The largest absolute Gasteiger partial charge is 0.496 e. The van der Waals surface area contributed by atoms with Gasteiger partial charge in [0, 0.05) is 12.0 Å². The van der Waals surface area contributed by atoms with Crippen LogP contribution in [0.2, 0.25) is 0 Å². The van der Waals surface area contributed by atoms with Crippen LogP contribution in [-0.4, -0.2) is 17.1 Å². The summed E-state index contributed by atoms with van der Waals surface area (Å²) in [6.45, 7) is 4.18. The molecule has 19 heavy (non-hydrogen) atoms. The van der Waals surface area contributed by atoms with Gasteiger partial charge in [-0.25, -0.2) is 9.97 Å². The number of ether oxygens (including phenoxy) is 1. The lowest BCUT2D eigenvalue weighted by Gasteiger charge is -2.10. The summed E-state index contributed by atoms with van der Waals surface area (Å²) in [7, 11) is 1.68. The predicted molar refractivity (Wildman–Crippen MR) is 80.5 cm³/mol. The van der Waals surface area contributed by atoms with Crippen molar-refractivity contribution in [3.05, 3.63) is 40.3 Å². The van der Waals surface area contributed by atoms with Crippen molar-refractivity contribution in [3.8, 4) is 17.0 Å². The molecule has 100 valence electrons. The molecule has 0 aliphatic heterocycles. The van der Waals surface area contributed by atoms with E-state index < -0.39 is 0 Å². The summed E-state index contributed by atoms with van der Waals surface area (Å²) in [5.74, 6) is 1.69. The average Bonchev–Trinajstić information content (AvgIpc) is 2.38. The summed E-state index contributed by atoms with van der Waals surface area (Å²) < 4.78 is 6.23. The summed E-state index contributed by atoms with van der Waals surface area (Å²) in [5, 5.41) is 0. The van der Waals surface area contributed by atoms with Crippen molar-refractivity contribution >= 4 is 15.9 Å². The van der Waals surface area contributed by atoms with E-state index in [1.807, 2.05) is 18.2 Å². The van der Waals surface area contributed by atoms with Crippen molar-refractivity contribution < 1.29 is 4.74 Å². The molecule has 4 heteroatoms. The molecule has 3 nitrogen and oxygen atoms in total. The molecule has 0 amide bonds. The second kappa shape index (κ2) is 6.15. The fourth-order valence-corrected chi connectivity index (χ4v) is 2.38. The Hall–Kier alpha value is -1.42. The van der Waals surface area contributed by atoms with E-state index in [0.717, 1.165) is 40.3 Å². The second-order valence-electron chi connectivity index (χ2n) is 4.45. The second-order valence-corrected chi connectivity index (χ2v) is 5.26. The molecule has 0 saturated carbocycles. The Morgan fingerprint density at radius 3 is 2.68 bits per heavy atom. The summed E-state index contributed by atoms with van der Waals surface area (Å²) in [6, 6.07) is 8.02. The zero-order valence-electron chi connectivity index (χ0n) is 11.4. The lowest BCUT2D eigenvalue weighted by molar-refractivity contribution is 0.416. The van der Waals surface area contributed by atoms with Gasteiger partial charge in [0.25, 0.3) is 0 Å². The molecule has 0 N–H and O–H groups in total. The SMILES string of the molecule is CCCc1nc(Br)cc(-c2cc(C)ccc2OC)n1. The molecular formula is C15H17BrN2O. The Balaban J connectivity index is 2.54. The topological polar surface area (TPSA) is 35.0 Å². The van der Waals surface area contributed by atoms with E-state index in [2.05, 4.69) is 45.8 Å². The first-order valence-electron chi connectivity index (χ1n) is 6.32. The van der Waals surface area contributed by atoms with Crippen molar-refractivity contribution in [3.63, 3.8) is 0 Å². The summed E-state index contributed by atoms with van der Waals surface area (Å²) >= 11 is 3.45. The molecule has 0 aliphatic carbocycles. The summed E-state index contributed by atoms with van der Waals surface area (Å²) in [6.07, 6.45) is 1.90. The van der Waals surface area contributed by atoms with Crippen LogP contribution in [0.1, 0.15) is 24.7 Å². The van der Waals surface area contributed by atoms with Crippen molar-refractivity contribution in [2.24, 2.45) is 0 Å². The molecule has 0 atom stereocenters. The monoisotopic (exact) mass is 320 g/mol. The Bertz CT molecular complexity index is 584. The van der Waals surface area contributed by atoms with Crippen molar-refractivity contribution in [2.75, 3.05) is 7.11 Å². The van der Waals surface area contributed by atoms with Crippen LogP contribution in [0.3, 0.4) is 0 Å². The number of rotatable bonds is 4. The molecule has 0 spiro atoms. The van der Waals surface area contributed by atoms with Crippen LogP contribution in [0.25, 0.3) is 11.3 Å². The highest BCUT2D eigenvalue weighted by molar-refractivity contribution is 9.10. The number of benzene rings is 1. The first-order valence-corrected chi connectivity index (χ1v) is 7.11. The van der Waals surface area contributed by atoms with Gasteiger partial charge < -0.3 is 4.74 Å². The minimum absolute atomic E-state index is 0.810. The number of halogens is 1. The predicted octanol–water partition coefficient (Wildman–Crippen LogP) is 4.18. The van der Waals surface area contributed by atoms with Gasteiger partial charge in [-0.2, -0.15) is 0 Å². The highest BCUT2D eigenvalue weighted by Gasteiger charge is 2.10. The zero-order valence-corrected chi connectivity index (χ0v) is 13.0. The molecular weight excluding hydrogens is 304 g/mol. The quantitative estimate of drug-likeness (QED) is 0.793. The fourth-order valence-electron chi connectivity index (χ4n) is 1.96. The number of methoxy groups -OCH3 is 1. The van der Waals surface area contributed by atoms with Crippen molar-refractivity contribution in [2.45, 2.75) is 26.7 Å². The molecule has 0 bridgehead atoms. The van der Waals surface area contributed by atoms with Gasteiger partial charge in [0.1, 0.15) is 16.2 Å². The van der Waals surface area contributed by atoms with Gasteiger partial charge in [-0.3, -0.25) is 0 Å². The smallest absolute Gasteiger partial charge is 0.130 e. The Morgan fingerprint density at radius 1 is 1.21 bits per heavy atom. The first-order chi connectivity index (χ1) is 9.13. The number of aromatic nitrogens is 2. The Labute approximate surface area is 122 Å². The van der Waals surface area contributed by atoms with Crippen LogP contribution < -0.4 is 4.74 Å². The minimum Gasteiger partial charge on any atom is -0.496 e. The van der Waals surface area contributed by atoms with E-state index in [1.165, 1.54) is 5.56 Å². The normalized spacial score (nSPS) is 10.5. The van der Waals surface area contributed by atoms with Gasteiger partial charge in [-0.1, -0.05) is 18.6 Å². The highest BCUT2D eigenvalue weighted by Crippen LogP contribution is 2.30. The molecule has 0 radical (unpaired) electrons. The maximum Gasteiger partial charge on any atom is 0.130 e. The molecule has 1 aromatic heterocycles. The van der Waals surface area contributed by atoms with Gasteiger partial charge in [0.15, 0.2) is 0 Å². The molecule has 2 aromatic rings. The molecule has 0 aliphatic rings. The third kappa shape index (κ3) is 3.32.